The number of benzene rings is 2. The summed E-state index contributed by atoms with van der Waals surface area (Å²) in [4.78, 5) is 21.3. The highest BCUT2D eigenvalue weighted by atomic mass is 35.5. The van der Waals surface area contributed by atoms with Crippen molar-refractivity contribution in [2.45, 2.75) is 29.7 Å². The highest BCUT2D eigenvalue weighted by Gasteiger charge is 2.39. The first kappa shape index (κ1) is 22.3. The topological polar surface area (TPSA) is 82.6 Å². The van der Waals surface area contributed by atoms with Crippen LogP contribution in [-0.4, -0.2) is 49.9 Å². The van der Waals surface area contributed by atoms with Crippen LogP contribution in [-0.2, 0) is 14.8 Å². The predicted octanol–water partition coefficient (Wildman–Crippen LogP) is 4.19. The van der Waals surface area contributed by atoms with Crippen molar-refractivity contribution in [3.05, 3.63) is 70.7 Å². The molecule has 2 aromatic carbocycles. The van der Waals surface area contributed by atoms with Crippen LogP contribution >= 0.6 is 22.9 Å². The maximum absolute atomic E-state index is 13.2. The zero-order valence-corrected chi connectivity index (χ0v) is 20.1. The minimum atomic E-state index is -3.72. The zero-order chi connectivity index (χ0) is 23.0. The number of carbonyl (C=O) groups excluding carboxylic acids is 1. The second-order valence-electron chi connectivity index (χ2n) is 8.26. The van der Waals surface area contributed by atoms with Crippen molar-refractivity contribution in [3.8, 4) is 0 Å². The van der Waals surface area contributed by atoms with Gasteiger partial charge < -0.3 is 4.90 Å². The van der Waals surface area contributed by atoms with Crippen molar-refractivity contribution in [1.82, 2.24) is 9.88 Å². The molecule has 1 amide bonds. The molecule has 2 atom stereocenters. The van der Waals surface area contributed by atoms with Crippen molar-refractivity contribution in [1.29, 1.82) is 0 Å². The number of hydrogen-bond donors (Lipinski definition) is 1. The van der Waals surface area contributed by atoms with E-state index in [9.17, 15) is 13.2 Å². The lowest BCUT2D eigenvalue weighted by Crippen LogP contribution is -2.40. The Balaban J connectivity index is 1.24. The van der Waals surface area contributed by atoms with Gasteiger partial charge in [-0.15, -0.1) is 11.3 Å². The van der Waals surface area contributed by atoms with Crippen LogP contribution in [0.1, 0.15) is 24.3 Å². The number of halogens is 1. The Morgan fingerprint density at radius 1 is 1.03 bits per heavy atom. The third kappa shape index (κ3) is 4.63. The summed E-state index contributed by atoms with van der Waals surface area (Å²) >= 11 is 7.23. The van der Waals surface area contributed by atoms with Crippen LogP contribution in [0.4, 0.5) is 10.8 Å². The molecular weight excluding hydrogens is 480 g/mol. The molecule has 0 radical (unpaired) electrons. The van der Waals surface area contributed by atoms with Crippen LogP contribution in [0, 0.1) is 0 Å². The molecule has 2 aliphatic rings. The molecule has 2 aliphatic heterocycles. The van der Waals surface area contributed by atoms with Gasteiger partial charge in [0.15, 0.2) is 5.13 Å². The standard InChI is InChI=1S/C23H23ClN4O3S2/c24-18-3-1-16(2-4-18)17-9-12-27(15-17)21-10-13-28(22(21)29)19-5-7-20(8-6-19)33(30,31)26-23-25-11-14-32-23/h1-8,11,14,17,21H,9-10,12-13,15H2,(H,25,26)/t17?,21-/m1/s1. The van der Waals surface area contributed by atoms with Crippen LogP contribution in [0.3, 0.4) is 0 Å². The number of likely N-dealkylation sites (tertiary alicyclic amines) is 1. The molecule has 10 heteroatoms. The van der Waals surface area contributed by atoms with Crippen molar-refractivity contribution in [3.63, 3.8) is 0 Å². The number of aromatic nitrogens is 1. The van der Waals surface area contributed by atoms with E-state index in [1.807, 2.05) is 12.1 Å². The van der Waals surface area contributed by atoms with Gasteiger partial charge in [0.2, 0.25) is 5.91 Å². The SMILES string of the molecule is O=C1[C@H](N2CCC(c3ccc(Cl)cc3)C2)CCN1c1ccc(S(=O)(=O)Nc2nccs2)cc1. The fourth-order valence-electron chi connectivity index (χ4n) is 4.59. The first-order chi connectivity index (χ1) is 15.9. The number of rotatable bonds is 6. The molecule has 0 spiro atoms. The lowest BCUT2D eigenvalue weighted by molar-refractivity contribution is -0.121. The lowest BCUT2D eigenvalue weighted by Gasteiger charge is -2.23. The van der Waals surface area contributed by atoms with Crippen molar-refractivity contribution >= 4 is 49.7 Å². The minimum absolute atomic E-state index is 0.0725. The maximum atomic E-state index is 13.2. The van der Waals surface area contributed by atoms with Gasteiger partial charge in [-0.1, -0.05) is 23.7 Å². The Hall–Kier alpha value is -2.46. The predicted molar refractivity (Wildman–Crippen MR) is 131 cm³/mol. The fourth-order valence-corrected chi connectivity index (χ4v) is 6.51. The van der Waals surface area contributed by atoms with Gasteiger partial charge in [0.05, 0.1) is 10.9 Å². The van der Waals surface area contributed by atoms with E-state index in [0.29, 0.717) is 23.3 Å². The second-order valence-corrected chi connectivity index (χ2v) is 11.3. The smallest absolute Gasteiger partial charge is 0.263 e. The van der Waals surface area contributed by atoms with E-state index in [1.54, 1.807) is 28.6 Å². The molecule has 2 fully saturated rings. The Kier molecular flexibility index (Phi) is 6.13. The number of thiazole rings is 1. The molecule has 3 aromatic rings. The molecule has 7 nitrogen and oxygen atoms in total. The van der Waals surface area contributed by atoms with Gasteiger partial charge in [0.1, 0.15) is 0 Å². The van der Waals surface area contributed by atoms with Crippen LogP contribution in [0.25, 0.3) is 0 Å². The van der Waals surface area contributed by atoms with Gasteiger partial charge in [0.25, 0.3) is 10.0 Å². The number of hydrogen-bond acceptors (Lipinski definition) is 6. The summed E-state index contributed by atoms with van der Waals surface area (Å²) in [6.07, 6.45) is 3.32. The highest BCUT2D eigenvalue weighted by Crippen LogP contribution is 2.33. The molecule has 0 saturated carbocycles. The number of nitrogens with one attached hydrogen (secondary N) is 1. The van der Waals surface area contributed by atoms with Crippen molar-refractivity contribution in [2.75, 3.05) is 29.3 Å². The molecule has 172 valence electrons. The van der Waals surface area contributed by atoms with E-state index in [2.05, 4.69) is 26.7 Å². The second kappa shape index (κ2) is 9.06. The first-order valence-corrected chi connectivity index (χ1v) is 13.5. The maximum Gasteiger partial charge on any atom is 0.263 e. The molecule has 33 heavy (non-hydrogen) atoms. The van der Waals surface area contributed by atoms with Crippen LogP contribution < -0.4 is 9.62 Å². The van der Waals surface area contributed by atoms with E-state index < -0.39 is 10.0 Å². The average Bonchev–Trinajstić information content (AvgIpc) is 3.56. The van der Waals surface area contributed by atoms with Crippen LogP contribution in [0.2, 0.25) is 5.02 Å². The molecule has 0 aliphatic carbocycles. The summed E-state index contributed by atoms with van der Waals surface area (Å²) in [5, 5.41) is 2.75. The Labute approximate surface area is 202 Å². The first-order valence-electron chi connectivity index (χ1n) is 10.7. The molecule has 1 unspecified atom stereocenters. The molecular formula is C23H23ClN4O3S2. The quantitative estimate of drug-likeness (QED) is 0.546. The van der Waals surface area contributed by atoms with Gasteiger partial charge in [0, 0.05) is 35.4 Å². The summed E-state index contributed by atoms with van der Waals surface area (Å²) < 4.78 is 27.6. The van der Waals surface area contributed by atoms with Gasteiger partial charge in [-0.05, 0) is 67.3 Å². The number of carbonyl (C=O) groups is 1. The van der Waals surface area contributed by atoms with Gasteiger partial charge >= 0.3 is 0 Å². The summed E-state index contributed by atoms with van der Waals surface area (Å²) in [6.45, 7) is 2.36. The van der Waals surface area contributed by atoms with Crippen LogP contribution in [0.15, 0.2) is 65.0 Å². The average molecular weight is 503 g/mol. The third-order valence-corrected chi connectivity index (χ3v) is 8.72. The van der Waals surface area contributed by atoms with Gasteiger partial charge in [-0.3, -0.25) is 14.4 Å². The zero-order valence-electron chi connectivity index (χ0n) is 17.7. The molecule has 1 aromatic heterocycles. The number of amides is 1. The highest BCUT2D eigenvalue weighted by molar-refractivity contribution is 7.93. The third-order valence-electron chi connectivity index (χ3n) is 6.29. The summed E-state index contributed by atoms with van der Waals surface area (Å²) in [7, 11) is -3.72. The van der Waals surface area contributed by atoms with E-state index in [-0.39, 0.29) is 16.8 Å². The van der Waals surface area contributed by atoms with Gasteiger partial charge in [-0.2, -0.15) is 0 Å². The van der Waals surface area contributed by atoms with E-state index in [4.69, 9.17) is 11.6 Å². The number of nitrogens with zero attached hydrogens (tertiary/aromatic N) is 3. The Morgan fingerprint density at radius 2 is 1.79 bits per heavy atom. The monoisotopic (exact) mass is 502 g/mol. The van der Waals surface area contributed by atoms with Gasteiger partial charge in [-0.25, -0.2) is 13.4 Å². The Morgan fingerprint density at radius 3 is 2.48 bits per heavy atom. The minimum Gasteiger partial charge on any atom is -0.311 e. The van der Waals surface area contributed by atoms with E-state index in [0.717, 1.165) is 31.0 Å². The molecule has 0 bridgehead atoms. The summed E-state index contributed by atoms with van der Waals surface area (Å²) in [6, 6.07) is 14.3. The summed E-state index contributed by atoms with van der Waals surface area (Å²) in [5.41, 5.74) is 1.97. The number of sulfonamides is 1. The molecule has 5 rings (SSSR count). The normalized spacial score (nSPS) is 21.6. The van der Waals surface area contributed by atoms with E-state index in [1.165, 1.54) is 29.0 Å². The molecule has 2 saturated heterocycles. The largest absolute Gasteiger partial charge is 0.311 e. The summed E-state index contributed by atoms with van der Waals surface area (Å²) in [5.74, 6) is 0.474. The molecule has 1 N–H and O–H groups in total. The Bertz CT molecular complexity index is 1230. The van der Waals surface area contributed by atoms with E-state index >= 15 is 0 Å². The lowest BCUT2D eigenvalue weighted by atomic mass is 9.99. The van der Waals surface area contributed by atoms with Crippen LogP contribution in [0.5, 0.6) is 0 Å². The number of anilines is 2. The molecule has 3 heterocycles. The fraction of sp³-hybridized carbons (Fsp3) is 0.304. The van der Waals surface area contributed by atoms with Crippen molar-refractivity contribution in [2.24, 2.45) is 0 Å². The van der Waals surface area contributed by atoms with Crippen molar-refractivity contribution < 1.29 is 13.2 Å².